The number of halogens is 1. The van der Waals surface area contributed by atoms with Crippen LogP contribution in [0.15, 0.2) is 23.2 Å². The van der Waals surface area contributed by atoms with Crippen molar-refractivity contribution in [3.63, 3.8) is 0 Å². The van der Waals surface area contributed by atoms with Crippen LogP contribution in [0.2, 0.25) is 5.02 Å². The van der Waals surface area contributed by atoms with Gasteiger partial charge in [0, 0.05) is 10.3 Å². The molecule has 0 unspecified atom stereocenters. The lowest BCUT2D eigenvalue weighted by Crippen LogP contribution is -1.74. The number of benzene rings is 1. The van der Waals surface area contributed by atoms with Crippen LogP contribution in [0.5, 0.6) is 0 Å². The number of hydrogen-bond acceptors (Lipinski definition) is 2. The molecule has 0 aliphatic heterocycles. The van der Waals surface area contributed by atoms with Gasteiger partial charge in [0.05, 0.1) is 16.7 Å². The van der Waals surface area contributed by atoms with Crippen LogP contribution in [0, 0.1) is 0 Å². The number of rotatable bonds is 1. The molecular formula is C8H7ClN2S. The minimum atomic E-state index is 0.731. The molecule has 0 saturated heterocycles. The molecule has 2 rings (SSSR count). The minimum Gasteiger partial charge on any atom is -0.276 e. The van der Waals surface area contributed by atoms with Gasteiger partial charge in [0.1, 0.15) is 0 Å². The highest BCUT2D eigenvalue weighted by atomic mass is 35.5. The molecule has 2 aromatic rings. The minimum absolute atomic E-state index is 0.731. The molecule has 4 heteroatoms. The van der Waals surface area contributed by atoms with Gasteiger partial charge in [-0.05, 0) is 18.4 Å². The van der Waals surface area contributed by atoms with Gasteiger partial charge >= 0.3 is 0 Å². The van der Waals surface area contributed by atoms with Crippen LogP contribution in [0.3, 0.4) is 0 Å². The summed E-state index contributed by atoms with van der Waals surface area (Å²) in [7, 11) is 0. The van der Waals surface area contributed by atoms with E-state index in [2.05, 4.69) is 16.3 Å². The van der Waals surface area contributed by atoms with Gasteiger partial charge in [-0.3, -0.25) is 5.10 Å². The van der Waals surface area contributed by atoms with Crippen molar-refractivity contribution in [2.24, 2.45) is 0 Å². The van der Waals surface area contributed by atoms with Crippen molar-refractivity contribution >= 4 is 34.3 Å². The molecule has 0 atom stereocenters. The third kappa shape index (κ3) is 1.19. The van der Waals surface area contributed by atoms with E-state index in [4.69, 9.17) is 11.6 Å². The van der Waals surface area contributed by atoms with Crippen LogP contribution in [0.25, 0.3) is 10.9 Å². The predicted molar refractivity (Wildman–Crippen MR) is 52.9 cm³/mol. The molecule has 0 amide bonds. The molecule has 1 heterocycles. The fraction of sp³-hybridized carbons (Fsp3) is 0.125. The maximum Gasteiger partial charge on any atom is 0.0837 e. The Morgan fingerprint density at radius 2 is 2.33 bits per heavy atom. The lowest BCUT2D eigenvalue weighted by atomic mass is 10.3. The smallest absolute Gasteiger partial charge is 0.0837 e. The maximum atomic E-state index is 6.00. The van der Waals surface area contributed by atoms with E-state index in [0.29, 0.717) is 0 Å². The predicted octanol–water partition coefficient (Wildman–Crippen LogP) is 2.94. The van der Waals surface area contributed by atoms with Crippen molar-refractivity contribution in [2.75, 3.05) is 6.26 Å². The Labute approximate surface area is 79.3 Å². The van der Waals surface area contributed by atoms with Gasteiger partial charge < -0.3 is 0 Å². The fourth-order valence-electron chi connectivity index (χ4n) is 1.11. The normalized spacial score (nSPS) is 10.8. The second kappa shape index (κ2) is 2.99. The Bertz CT molecular complexity index is 410. The first kappa shape index (κ1) is 7.95. The molecule has 0 bridgehead atoms. The molecule has 0 spiro atoms. The first-order valence-electron chi connectivity index (χ1n) is 3.48. The Morgan fingerprint density at radius 3 is 3.08 bits per heavy atom. The Balaban J connectivity index is 2.75. The average Bonchev–Trinajstić information content (AvgIpc) is 2.52. The van der Waals surface area contributed by atoms with Crippen LogP contribution in [0.1, 0.15) is 0 Å². The van der Waals surface area contributed by atoms with Gasteiger partial charge in [-0.2, -0.15) is 5.10 Å². The van der Waals surface area contributed by atoms with E-state index in [9.17, 15) is 0 Å². The van der Waals surface area contributed by atoms with E-state index in [-0.39, 0.29) is 0 Å². The largest absolute Gasteiger partial charge is 0.276 e. The van der Waals surface area contributed by atoms with E-state index in [1.807, 2.05) is 12.3 Å². The van der Waals surface area contributed by atoms with E-state index in [1.54, 1.807) is 18.0 Å². The number of aromatic amines is 1. The molecule has 0 fully saturated rings. The van der Waals surface area contributed by atoms with Gasteiger partial charge in [0.15, 0.2) is 0 Å². The zero-order chi connectivity index (χ0) is 8.55. The summed E-state index contributed by atoms with van der Waals surface area (Å²) in [6.45, 7) is 0. The van der Waals surface area contributed by atoms with Crippen molar-refractivity contribution in [1.29, 1.82) is 0 Å². The van der Waals surface area contributed by atoms with Crippen LogP contribution in [-0.4, -0.2) is 16.5 Å². The molecular weight excluding hydrogens is 192 g/mol. The second-order valence-electron chi connectivity index (χ2n) is 2.44. The number of thioether (sulfide) groups is 1. The number of hydrogen-bond donors (Lipinski definition) is 1. The number of H-pyrrole nitrogens is 1. The standard InChI is InChI=1S/C8H7ClN2S/c1-12-6-2-5-4-10-11-8(5)7(9)3-6/h2-4H,1H3,(H,10,11). The summed E-state index contributed by atoms with van der Waals surface area (Å²) in [6, 6.07) is 4.00. The molecule has 12 heavy (non-hydrogen) atoms. The van der Waals surface area contributed by atoms with Gasteiger partial charge in [0.25, 0.3) is 0 Å². The molecule has 62 valence electrons. The van der Waals surface area contributed by atoms with E-state index in [1.165, 1.54) is 0 Å². The van der Waals surface area contributed by atoms with Crippen LogP contribution in [-0.2, 0) is 0 Å². The summed E-state index contributed by atoms with van der Waals surface area (Å²) >= 11 is 7.67. The summed E-state index contributed by atoms with van der Waals surface area (Å²) in [6.07, 6.45) is 3.80. The third-order valence-corrected chi connectivity index (χ3v) is 2.72. The molecule has 1 aromatic carbocycles. The number of fused-ring (bicyclic) bond motifs is 1. The van der Waals surface area contributed by atoms with E-state index in [0.717, 1.165) is 20.8 Å². The van der Waals surface area contributed by atoms with Gasteiger partial charge in [-0.1, -0.05) is 11.6 Å². The molecule has 1 N–H and O–H groups in total. The summed E-state index contributed by atoms with van der Waals surface area (Å²) in [5.41, 5.74) is 0.912. The maximum absolute atomic E-state index is 6.00. The summed E-state index contributed by atoms with van der Waals surface area (Å²) in [4.78, 5) is 1.16. The SMILES string of the molecule is CSc1cc(Cl)c2[nH]ncc2c1. The van der Waals surface area contributed by atoms with Crippen LogP contribution < -0.4 is 0 Å². The third-order valence-electron chi connectivity index (χ3n) is 1.71. The van der Waals surface area contributed by atoms with Gasteiger partial charge in [0.2, 0.25) is 0 Å². The van der Waals surface area contributed by atoms with Crippen LogP contribution in [0.4, 0.5) is 0 Å². The van der Waals surface area contributed by atoms with Crippen molar-refractivity contribution in [2.45, 2.75) is 4.90 Å². The topological polar surface area (TPSA) is 28.7 Å². The van der Waals surface area contributed by atoms with E-state index < -0.39 is 0 Å². The van der Waals surface area contributed by atoms with Crippen molar-refractivity contribution in [3.8, 4) is 0 Å². The highest BCUT2D eigenvalue weighted by Gasteiger charge is 2.02. The number of nitrogens with zero attached hydrogens (tertiary/aromatic N) is 1. The summed E-state index contributed by atoms with van der Waals surface area (Å²) < 4.78 is 0. The lowest BCUT2D eigenvalue weighted by Gasteiger charge is -1.97. The number of aromatic nitrogens is 2. The van der Waals surface area contributed by atoms with Crippen LogP contribution >= 0.6 is 23.4 Å². The zero-order valence-corrected chi connectivity index (χ0v) is 8.04. The summed E-state index contributed by atoms with van der Waals surface area (Å²) in [5, 5.41) is 8.56. The highest BCUT2D eigenvalue weighted by Crippen LogP contribution is 2.27. The monoisotopic (exact) mass is 198 g/mol. The van der Waals surface area contributed by atoms with Crippen molar-refractivity contribution in [3.05, 3.63) is 23.4 Å². The average molecular weight is 199 g/mol. The van der Waals surface area contributed by atoms with Crippen molar-refractivity contribution in [1.82, 2.24) is 10.2 Å². The first-order chi connectivity index (χ1) is 5.81. The Hall–Kier alpha value is -0.670. The Morgan fingerprint density at radius 1 is 1.50 bits per heavy atom. The second-order valence-corrected chi connectivity index (χ2v) is 3.73. The fourth-order valence-corrected chi connectivity index (χ4v) is 1.92. The number of nitrogens with one attached hydrogen (secondary N) is 1. The molecule has 0 aliphatic carbocycles. The molecule has 2 nitrogen and oxygen atoms in total. The highest BCUT2D eigenvalue weighted by molar-refractivity contribution is 7.98. The Kier molecular flexibility index (Phi) is 1.98. The van der Waals surface area contributed by atoms with E-state index >= 15 is 0 Å². The first-order valence-corrected chi connectivity index (χ1v) is 5.08. The summed E-state index contributed by atoms with van der Waals surface area (Å²) in [5.74, 6) is 0. The quantitative estimate of drug-likeness (QED) is 0.714. The molecule has 1 aromatic heterocycles. The zero-order valence-electron chi connectivity index (χ0n) is 6.47. The molecule has 0 aliphatic rings. The van der Waals surface area contributed by atoms with Crippen molar-refractivity contribution < 1.29 is 0 Å². The van der Waals surface area contributed by atoms with Gasteiger partial charge in [-0.25, -0.2) is 0 Å². The molecule has 0 saturated carbocycles. The lowest BCUT2D eigenvalue weighted by molar-refractivity contribution is 1.12. The molecule has 0 radical (unpaired) electrons. The van der Waals surface area contributed by atoms with Gasteiger partial charge in [-0.15, -0.1) is 11.8 Å².